The van der Waals surface area contributed by atoms with Crippen molar-refractivity contribution >= 4 is 40.1 Å². The maximum absolute atomic E-state index is 11.9. The molecule has 4 nitrogen and oxygen atoms in total. The van der Waals surface area contributed by atoms with Crippen molar-refractivity contribution in [2.24, 2.45) is 5.92 Å². The zero-order valence-corrected chi connectivity index (χ0v) is 11.2. The SMILES string of the molecule is O=C1NC(=O)C2(Nc3cccc(I)c3)CC1C2. The highest BCUT2D eigenvalue weighted by molar-refractivity contribution is 14.1. The van der Waals surface area contributed by atoms with Crippen molar-refractivity contribution in [3.05, 3.63) is 27.8 Å². The highest BCUT2D eigenvalue weighted by Gasteiger charge is 2.57. The topological polar surface area (TPSA) is 58.2 Å². The summed E-state index contributed by atoms with van der Waals surface area (Å²) in [5.74, 6) is -0.312. The van der Waals surface area contributed by atoms with Crippen LogP contribution >= 0.6 is 22.6 Å². The number of halogens is 1. The lowest BCUT2D eigenvalue weighted by Gasteiger charge is -2.50. The summed E-state index contributed by atoms with van der Waals surface area (Å²) in [5, 5.41) is 5.68. The predicted octanol–water partition coefficient (Wildman–Crippen LogP) is 1.51. The molecule has 2 N–H and O–H groups in total. The van der Waals surface area contributed by atoms with E-state index in [0.29, 0.717) is 12.8 Å². The molecule has 1 saturated carbocycles. The fourth-order valence-electron chi connectivity index (χ4n) is 2.49. The van der Waals surface area contributed by atoms with Crippen LogP contribution in [0.5, 0.6) is 0 Å². The number of rotatable bonds is 2. The number of nitrogens with one attached hydrogen (secondary N) is 2. The first-order valence-electron chi connectivity index (χ1n) is 5.48. The Bertz CT molecular complexity index is 509. The molecular formula is C12H11IN2O2. The molecule has 88 valence electrons. The van der Waals surface area contributed by atoms with Crippen molar-refractivity contribution in [2.45, 2.75) is 18.4 Å². The number of anilines is 1. The number of piperidine rings is 2. The number of carbonyl (C=O) groups excluding carboxylic acids is 2. The van der Waals surface area contributed by atoms with Gasteiger partial charge in [0.25, 0.3) is 5.91 Å². The Morgan fingerprint density at radius 3 is 2.76 bits per heavy atom. The van der Waals surface area contributed by atoms with E-state index < -0.39 is 5.54 Å². The van der Waals surface area contributed by atoms with Gasteiger partial charge in [0, 0.05) is 15.2 Å². The number of imide groups is 1. The van der Waals surface area contributed by atoms with Gasteiger partial charge in [0.2, 0.25) is 5.91 Å². The van der Waals surface area contributed by atoms with Gasteiger partial charge in [-0.3, -0.25) is 14.9 Å². The largest absolute Gasteiger partial charge is 0.371 e. The van der Waals surface area contributed by atoms with Crippen LogP contribution in [0.15, 0.2) is 24.3 Å². The van der Waals surface area contributed by atoms with Gasteiger partial charge in [-0.2, -0.15) is 0 Å². The first kappa shape index (κ1) is 11.0. The van der Waals surface area contributed by atoms with E-state index in [9.17, 15) is 9.59 Å². The molecule has 0 radical (unpaired) electrons. The number of fused-ring (bicyclic) bond motifs is 2. The van der Waals surface area contributed by atoms with Gasteiger partial charge in [-0.05, 0) is 53.6 Å². The van der Waals surface area contributed by atoms with Crippen LogP contribution < -0.4 is 10.6 Å². The van der Waals surface area contributed by atoms with E-state index in [4.69, 9.17) is 0 Å². The Morgan fingerprint density at radius 1 is 1.35 bits per heavy atom. The smallest absolute Gasteiger partial charge is 0.252 e. The molecule has 2 amide bonds. The lowest BCUT2D eigenvalue weighted by atomic mass is 9.64. The molecule has 3 aliphatic rings. The molecule has 1 aromatic carbocycles. The quantitative estimate of drug-likeness (QED) is 0.633. The Balaban J connectivity index is 1.83. The maximum atomic E-state index is 11.9. The number of benzene rings is 1. The summed E-state index contributed by atoms with van der Waals surface area (Å²) in [6.07, 6.45) is 1.23. The van der Waals surface area contributed by atoms with Crippen LogP contribution in [0, 0.1) is 9.49 Å². The summed E-state index contributed by atoms with van der Waals surface area (Å²) in [5.41, 5.74) is 0.364. The molecule has 2 bridgehead atoms. The van der Waals surface area contributed by atoms with Crippen molar-refractivity contribution < 1.29 is 9.59 Å². The third kappa shape index (κ3) is 1.72. The molecular weight excluding hydrogens is 331 g/mol. The van der Waals surface area contributed by atoms with Crippen LogP contribution in [-0.2, 0) is 9.59 Å². The predicted molar refractivity (Wildman–Crippen MR) is 71.4 cm³/mol. The third-order valence-corrected chi connectivity index (χ3v) is 4.11. The van der Waals surface area contributed by atoms with Crippen LogP contribution in [-0.4, -0.2) is 17.4 Å². The van der Waals surface area contributed by atoms with Gasteiger partial charge >= 0.3 is 0 Å². The average Bonchev–Trinajstić information content (AvgIpc) is 2.20. The van der Waals surface area contributed by atoms with Crippen LogP contribution in [0.3, 0.4) is 0 Å². The number of hydrogen-bond acceptors (Lipinski definition) is 3. The van der Waals surface area contributed by atoms with Gasteiger partial charge < -0.3 is 5.32 Å². The summed E-state index contributed by atoms with van der Waals surface area (Å²) < 4.78 is 1.12. The highest BCUT2D eigenvalue weighted by atomic mass is 127. The molecule has 0 aromatic heterocycles. The second kappa shape index (κ2) is 3.69. The van der Waals surface area contributed by atoms with E-state index in [-0.39, 0.29) is 17.7 Å². The lowest BCUT2D eigenvalue weighted by molar-refractivity contribution is -0.148. The Labute approximate surface area is 112 Å². The van der Waals surface area contributed by atoms with E-state index >= 15 is 0 Å². The lowest BCUT2D eigenvalue weighted by Crippen LogP contribution is -2.69. The fourth-order valence-corrected chi connectivity index (χ4v) is 3.03. The molecule has 4 rings (SSSR count). The fraction of sp³-hybridized carbons (Fsp3) is 0.333. The minimum atomic E-state index is -0.566. The first-order chi connectivity index (χ1) is 8.09. The standard InChI is InChI=1S/C12H11IN2O2/c13-8-2-1-3-9(4-8)15-12-5-7(6-12)10(16)14-11(12)17/h1-4,7,15H,5-6H2,(H,14,16,17). The third-order valence-electron chi connectivity index (χ3n) is 3.44. The molecule has 0 unspecified atom stereocenters. The van der Waals surface area contributed by atoms with Crippen molar-refractivity contribution in [3.8, 4) is 0 Å². The normalized spacial score (nSPS) is 30.5. The summed E-state index contributed by atoms with van der Waals surface area (Å²) >= 11 is 2.23. The van der Waals surface area contributed by atoms with Crippen molar-refractivity contribution in [1.29, 1.82) is 0 Å². The van der Waals surface area contributed by atoms with Crippen LogP contribution in [0.2, 0.25) is 0 Å². The van der Waals surface area contributed by atoms with Gasteiger partial charge in [-0.1, -0.05) is 6.07 Å². The molecule has 3 fully saturated rings. The number of amides is 2. The van der Waals surface area contributed by atoms with Crippen LogP contribution in [0.1, 0.15) is 12.8 Å². The highest BCUT2D eigenvalue weighted by Crippen LogP contribution is 2.43. The molecule has 1 aliphatic carbocycles. The van der Waals surface area contributed by atoms with Gasteiger partial charge in [0.05, 0.1) is 0 Å². The van der Waals surface area contributed by atoms with Crippen molar-refractivity contribution in [1.82, 2.24) is 5.32 Å². The molecule has 0 atom stereocenters. The number of carbonyl (C=O) groups is 2. The zero-order chi connectivity index (χ0) is 12.0. The molecule has 2 saturated heterocycles. The van der Waals surface area contributed by atoms with E-state index in [0.717, 1.165) is 9.26 Å². The first-order valence-corrected chi connectivity index (χ1v) is 6.56. The van der Waals surface area contributed by atoms with E-state index in [2.05, 4.69) is 33.2 Å². The average molecular weight is 342 g/mol. The van der Waals surface area contributed by atoms with E-state index in [1.807, 2.05) is 24.3 Å². The van der Waals surface area contributed by atoms with E-state index in [1.165, 1.54) is 0 Å². The summed E-state index contributed by atoms with van der Waals surface area (Å²) in [6.45, 7) is 0. The van der Waals surface area contributed by atoms with Crippen molar-refractivity contribution in [3.63, 3.8) is 0 Å². The molecule has 17 heavy (non-hydrogen) atoms. The summed E-state index contributed by atoms with van der Waals surface area (Å²) in [4.78, 5) is 23.2. The van der Waals surface area contributed by atoms with Crippen LogP contribution in [0.4, 0.5) is 5.69 Å². The Kier molecular flexibility index (Phi) is 2.39. The van der Waals surface area contributed by atoms with Gasteiger partial charge in [0.15, 0.2) is 0 Å². The second-order valence-electron chi connectivity index (χ2n) is 4.64. The van der Waals surface area contributed by atoms with Crippen molar-refractivity contribution in [2.75, 3.05) is 5.32 Å². The van der Waals surface area contributed by atoms with Gasteiger partial charge in [-0.15, -0.1) is 0 Å². The summed E-state index contributed by atoms with van der Waals surface area (Å²) in [7, 11) is 0. The maximum Gasteiger partial charge on any atom is 0.252 e. The molecule has 2 aliphatic heterocycles. The zero-order valence-electron chi connectivity index (χ0n) is 9.00. The minimum Gasteiger partial charge on any atom is -0.371 e. The van der Waals surface area contributed by atoms with Gasteiger partial charge in [-0.25, -0.2) is 0 Å². The van der Waals surface area contributed by atoms with Gasteiger partial charge in [0.1, 0.15) is 5.54 Å². The minimum absolute atomic E-state index is 0.00276. The van der Waals surface area contributed by atoms with E-state index in [1.54, 1.807) is 0 Å². The van der Waals surface area contributed by atoms with Crippen LogP contribution in [0.25, 0.3) is 0 Å². The second-order valence-corrected chi connectivity index (χ2v) is 5.89. The Hall–Kier alpha value is -1.11. The Morgan fingerprint density at radius 2 is 2.12 bits per heavy atom. The molecule has 0 spiro atoms. The molecule has 2 heterocycles. The molecule has 5 heteroatoms. The summed E-state index contributed by atoms with van der Waals surface area (Å²) in [6, 6.07) is 7.88. The monoisotopic (exact) mass is 342 g/mol. The number of hydrogen-bond donors (Lipinski definition) is 2. The molecule has 1 aromatic rings.